The Hall–Kier alpha value is -7.01. The monoisotopic (exact) mass is 716 g/mol. The summed E-state index contributed by atoms with van der Waals surface area (Å²) < 4.78 is 2.51. The number of para-hydroxylation sites is 2. The van der Waals surface area contributed by atoms with Crippen LogP contribution in [0.25, 0.3) is 49.7 Å². The topological polar surface area (TPSA) is 41.4 Å². The molecule has 0 amide bonds. The van der Waals surface area contributed by atoms with E-state index < -0.39 is 5.41 Å². The molecule has 2 N–H and O–H groups in total. The van der Waals surface area contributed by atoms with Crippen molar-refractivity contribution in [3.05, 3.63) is 233 Å². The zero-order valence-electron chi connectivity index (χ0n) is 30.5. The van der Waals surface area contributed by atoms with Gasteiger partial charge in [0.15, 0.2) is 0 Å². The number of aromatic nitrogens is 1. The molecule has 2 aliphatic heterocycles. The van der Waals surface area contributed by atoms with Gasteiger partial charge >= 0.3 is 0 Å². The highest BCUT2D eigenvalue weighted by molar-refractivity contribution is 6.13. The lowest BCUT2D eigenvalue weighted by Gasteiger charge is -2.40. The van der Waals surface area contributed by atoms with Gasteiger partial charge in [0.2, 0.25) is 0 Å². The number of hydrogen-bond donors (Lipinski definition) is 2. The number of hydrogen-bond acceptors (Lipinski definition) is 3. The lowest BCUT2D eigenvalue weighted by molar-refractivity contribution is 0.409. The Morgan fingerprint density at radius 3 is 1.84 bits per heavy atom. The molecule has 3 heterocycles. The van der Waals surface area contributed by atoms with Gasteiger partial charge in [-0.2, -0.15) is 0 Å². The van der Waals surface area contributed by atoms with Crippen LogP contribution in [0.5, 0.6) is 0 Å². The standard InChI is InChI=1S/C52H36N4/c1-3-14-33(15-4-1)34-26-28-36(29-27-34)50-53-49(35-16-5-2-6-17-35)54-51(55-50)37-30-31-47-45(32-37)52(42-22-10-7-18-38(42)39-19-8-11-23-43(39)52)44-24-13-21-41-40-20-9-12-25-46(40)56(47)48(41)44/h1-32,49-50,53H,(H,54,55). The summed E-state index contributed by atoms with van der Waals surface area (Å²) in [6, 6.07) is 70.9. The molecule has 1 spiro atoms. The van der Waals surface area contributed by atoms with Gasteiger partial charge in [0, 0.05) is 16.3 Å². The number of fused-ring (bicyclic) bond motifs is 12. The molecule has 0 radical (unpaired) electrons. The number of nitrogens with one attached hydrogen (secondary N) is 2. The van der Waals surface area contributed by atoms with Crippen LogP contribution in [0, 0.1) is 0 Å². The number of rotatable bonds is 4. The first-order chi connectivity index (χ1) is 27.8. The molecular formula is C52H36N4. The minimum atomic E-state index is -0.526. The fourth-order valence-corrected chi connectivity index (χ4v) is 9.89. The molecule has 12 rings (SSSR count). The molecule has 56 heavy (non-hydrogen) atoms. The Balaban J connectivity index is 1.10. The van der Waals surface area contributed by atoms with Gasteiger partial charge in [-0.25, -0.2) is 4.99 Å². The number of aliphatic imine (C=N–C) groups is 1. The lowest BCUT2D eigenvalue weighted by Crippen LogP contribution is -2.45. The molecule has 4 nitrogen and oxygen atoms in total. The minimum absolute atomic E-state index is 0.144. The van der Waals surface area contributed by atoms with Gasteiger partial charge in [0.25, 0.3) is 0 Å². The van der Waals surface area contributed by atoms with E-state index in [-0.39, 0.29) is 12.3 Å². The second-order valence-electron chi connectivity index (χ2n) is 15.2. The first kappa shape index (κ1) is 31.4. The van der Waals surface area contributed by atoms with Crippen molar-refractivity contribution in [1.82, 2.24) is 15.2 Å². The molecule has 9 aromatic rings. The largest absolute Gasteiger partial charge is 0.350 e. The van der Waals surface area contributed by atoms with Crippen molar-refractivity contribution in [1.29, 1.82) is 0 Å². The highest BCUT2D eigenvalue weighted by Gasteiger charge is 2.51. The van der Waals surface area contributed by atoms with Crippen molar-refractivity contribution in [3.8, 4) is 27.9 Å². The predicted molar refractivity (Wildman–Crippen MR) is 228 cm³/mol. The molecular weight excluding hydrogens is 681 g/mol. The van der Waals surface area contributed by atoms with Crippen LogP contribution in [0.2, 0.25) is 0 Å². The zero-order chi connectivity index (χ0) is 36.8. The van der Waals surface area contributed by atoms with E-state index in [9.17, 15) is 0 Å². The van der Waals surface area contributed by atoms with Gasteiger partial charge in [-0.3, -0.25) is 5.32 Å². The van der Waals surface area contributed by atoms with Crippen LogP contribution in [0.1, 0.15) is 51.3 Å². The first-order valence-corrected chi connectivity index (χ1v) is 19.5. The van der Waals surface area contributed by atoms with Crippen molar-refractivity contribution in [2.24, 2.45) is 4.99 Å². The maximum Gasteiger partial charge on any atom is 0.131 e. The normalized spacial score (nSPS) is 17.2. The number of nitrogens with zero attached hydrogens (tertiary/aromatic N) is 2. The molecule has 0 bridgehead atoms. The Morgan fingerprint density at radius 1 is 0.464 bits per heavy atom. The summed E-state index contributed by atoms with van der Waals surface area (Å²) in [5.41, 5.74) is 16.7. The van der Waals surface area contributed by atoms with Gasteiger partial charge in [0.05, 0.1) is 22.1 Å². The fourth-order valence-electron chi connectivity index (χ4n) is 9.89. The van der Waals surface area contributed by atoms with E-state index >= 15 is 0 Å². The SMILES string of the molecule is c1ccc(-c2ccc(C3N=C(c4ccc5c(c4)C4(c6ccccc6-c6ccccc64)c4cccc6c7ccccc7n-5c46)NC(c4ccccc4)N3)cc2)cc1. The smallest absolute Gasteiger partial charge is 0.131 e. The summed E-state index contributed by atoms with van der Waals surface area (Å²) in [5.74, 6) is 0.869. The number of amidine groups is 1. The summed E-state index contributed by atoms with van der Waals surface area (Å²) in [7, 11) is 0. The third kappa shape index (κ3) is 4.36. The summed E-state index contributed by atoms with van der Waals surface area (Å²) in [6.45, 7) is 0. The van der Waals surface area contributed by atoms with Gasteiger partial charge < -0.3 is 9.88 Å². The molecule has 4 heteroatoms. The highest BCUT2D eigenvalue weighted by atomic mass is 15.3. The van der Waals surface area contributed by atoms with Crippen molar-refractivity contribution < 1.29 is 0 Å². The first-order valence-electron chi connectivity index (χ1n) is 19.5. The van der Waals surface area contributed by atoms with Crippen molar-refractivity contribution in [2.75, 3.05) is 0 Å². The maximum absolute atomic E-state index is 5.46. The molecule has 1 aliphatic carbocycles. The van der Waals surface area contributed by atoms with E-state index in [0.717, 1.165) is 22.5 Å². The van der Waals surface area contributed by atoms with E-state index in [2.05, 4.69) is 209 Å². The van der Waals surface area contributed by atoms with Crippen molar-refractivity contribution >= 4 is 27.6 Å². The van der Waals surface area contributed by atoms with E-state index in [4.69, 9.17) is 4.99 Å². The summed E-state index contributed by atoms with van der Waals surface area (Å²) in [4.78, 5) is 5.46. The molecule has 0 fully saturated rings. The Bertz CT molecular complexity index is 2990. The molecule has 0 saturated heterocycles. The molecule has 1 aromatic heterocycles. The quantitative estimate of drug-likeness (QED) is 0.190. The molecule has 264 valence electrons. The van der Waals surface area contributed by atoms with E-state index in [1.54, 1.807) is 0 Å². The summed E-state index contributed by atoms with van der Waals surface area (Å²) >= 11 is 0. The molecule has 2 unspecified atom stereocenters. The average molecular weight is 717 g/mol. The fraction of sp³-hybridized carbons (Fsp3) is 0.0577. The predicted octanol–water partition coefficient (Wildman–Crippen LogP) is 11.5. The van der Waals surface area contributed by atoms with Crippen molar-refractivity contribution in [2.45, 2.75) is 17.7 Å². The average Bonchev–Trinajstić information content (AvgIpc) is 3.77. The maximum atomic E-state index is 5.46. The van der Waals surface area contributed by atoms with Gasteiger partial charge in [-0.1, -0.05) is 170 Å². The van der Waals surface area contributed by atoms with E-state index in [0.29, 0.717) is 0 Å². The van der Waals surface area contributed by atoms with Crippen LogP contribution in [-0.2, 0) is 5.41 Å². The number of benzene rings is 8. The van der Waals surface area contributed by atoms with Gasteiger partial charge in [-0.05, 0) is 79.9 Å². The third-order valence-corrected chi connectivity index (χ3v) is 12.3. The Kier molecular flexibility index (Phi) is 6.72. The third-order valence-electron chi connectivity index (χ3n) is 12.3. The molecule has 3 aliphatic rings. The summed E-state index contributed by atoms with van der Waals surface area (Å²) in [6.07, 6.45) is -0.401. The van der Waals surface area contributed by atoms with Crippen LogP contribution in [0.4, 0.5) is 0 Å². The molecule has 0 saturated carbocycles. The highest BCUT2D eigenvalue weighted by Crippen LogP contribution is 2.61. The van der Waals surface area contributed by atoms with Crippen LogP contribution < -0.4 is 10.6 Å². The van der Waals surface area contributed by atoms with Crippen LogP contribution in [0.15, 0.2) is 199 Å². The Morgan fingerprint density at radius 2 is 1.07 bits per heavy atom. The van der Waals surface area contributed by atoms with Crippen molar-refractivity contribution in [3.63, 3.8) is 0 Å². The Labute approximate surface area is 325 Å². The lowest BCUT2D eigenvalue weighted by atomic mass is 9.65. The second kappa shape index (κ2) is 12.0. The molecule has 2 atom stereocenters. The second-order valence-corrected chi connectivity index (χ2v) is 15.2. The van der Waals surface area contributed by atoms with Crippen LogP contribution in [0.3, 0.4) is 0 Å². The summed E-state index contributed by atoms with van der Waals surface area (Å²) in [5, 5.41) is 10.2. The zero-order valence-corrected chi connectivity index (χ0v) is 30.5. The van der Waals surface area contributed by atoms with Crippen LogP contribution in [-0.4, -0.2) is 10.4 Å². The van der Waals surface area contributed by atoms with E-state index in [1.165, 1.54) is 72.0 Å². The minimum Gasteiger partial charge on any atom is -0.350 e. The molecule has 8 aromatic carbocycles. The van der Waals surface area contributed by atoms with Gasteiger partial charge in [-0.15, -0.1) is 0 Å². The van der Waals surface area contributed by atoms with Gasteiger partial charge in [0.1, 0.15) is 18.2 Å². The van der Waals surface area contributed by atoms with E-state index in [1.807, 2.05) is 0 Å². The van der Waals surface area contributed by atoms with Crippen LogP contribution >= 0.6 is 0 Å².